The normalized spacial score (nSPS) is 14.2. The molecule has 0 atom stereocenters. The number of nitrogens with zero attached hydrogens (tertiary/aromatic N) is 2. The molecule has 2 aromatic carbocycles. The lowest BCUT2D eigenvalue weighted by Gasteiger charge is -2.30. The summed E-state index contributed by atoms with van der Waals surface area (Å²) in [4.78, 5) is 20.0. The van der Waals surface area contributed by atoms with Gasteiger partial charge >= 0.3 is 0 Å². The lowest BCUT2D eigenvalue weighted by atomic mass is 10.00. The van der Waals surface area contributed by atoms with Gasteiger partial charge in [-0.25, -0.2) is 8.42 Å². The number of carbonyl (C=O) groups is 1. The zero-order chi connectivity index (χ0) is 20.1. The first kappa shape index (κ1) is 18.6. The molecule has 0 saturated carbocycles. The second kappa shape index (κ2) is 6.71. The maximum Gasteiger partial charge on any atom is 0.260 e. The Morgan fingerprint density at radius 2 is 1.86 bits per heavy atom. The van der Waals surface area contributed by atoms with Crippen molar-refractivity contribution in [1.82, 2.24) is 4.98 Å². The minimum atomic E-state index is -3.27. The SMILES string of the molecule is Cc1ccc2nc(C)c(C(=O)N3CCCc4cc(S(C)(=O)=O)ccc43)cc2c1. The minimum absolute atomic E-state index is 0.0959. The molecule has 0 saturated heterocycles. The third-order valence-corrected chi connectivity index (χ3v) is 6.34. The second-order valence-electron chi connectivity index (χ2n) is 7.44. The molecule has 6 heteroatoms. The Bertz CT molecular complexity index is 1220. The van der Waals surface area contributed by atoms with Crippen molar-refractivity contribution in [2.45, 2.75) is 31.6 Å². The molecule has 0 aliphatic carbocycles. The summed E-state index contributed by atoms with van der Waals surface area (Å²) in [7, 11) is -3.27. The predicted octanol–water partition coefficient (Wildman–Crippen LogP) is 3.85. The number of aromatic nitrogens is 1. The van der Waals surface area contributed by atoms with Crippen molar-refractivity contribution < 1.29 is 13.2 Å². The van der Waals surface area contributed by atoms with Crippen LogP contribution in [0.1, 0.15) is 33.6 Å². The maximum absolute atomic E-state index is 13.4. The summed E-state index contributed by atoms with van der Waals surface area (Å²) in [5, 5.41) is 0.943. The van der Waals surface area contributed by atoms with Crippen LogP contribution in [0.3, 0.4) is 0 Å². The molecule has 1 aliphatic rings. The molecular formula is C22H22N2O3S. The Morgan fingerprint density at radius 3 is 2.61 bits per heavy atom. The second-order valence-corrected chi connectivity index (χ2v) is 9.46. The average Bonchev–Trinajstić information content (AvgIpc) is 2.65. The number of fused-ring (bicyclic) bond motifs is 2. The Kier molecular flexibility index (Phi) is 4.46. The van der Waals surface area contributed by atoms with E-state index in [4.69, 9.17) is 0 Å². The van der Waals surface area contributed by atoms with Gasteiger partial charge in [-0.2, -0.15) is 0 Å². The summed E-state index contributed by atoms with van der Waals surface area (Å²) in [6.07, 6.45) is 2.76. The quantitative estimate of drug-likeness (QED) is 0.662. The Labute approximate surface area is 164 Å². The van der Waals surface area contributed by atoms with Crippen molar-refractivity contribution in [3.8, 4) is 0 Å². The number of carbonyl (C=O) groups excluding carboxylic acids is 1. The van der Waals surface area contributed by atoms with Crippen LogP contribution in [0.5, 0.6) is 0 Å². The summed E-state index contributed by atoms with van der Waals surface area (Å²) < 4.78 is 23.7. The molecule has 5 nitrogen and oxygen atoms in total. The van der Waals surface area contributed by atoms with Crippen LogP contribution in [-0.4, -0.2) is 32.1 Å². The molecule has 0 N–H and O–H groups in total. The largest absolute Gasteiger partial charge is 0.308 e. The smallest absolute Gasteiger partial charge is 0.260 e. The van der Waals surface area contributed by atoms with Gasteiger partial charge in [-0.15, -0.1) is 0 Å². The van der Waals surface area contributed by atoms with Crippen molar-refractivity contribution in [3.05, 3.63) is 64.8 Å². The zero-order valence-electron chi connectivity index (χ0n) is 16.2. The lowest BCUT2D eigenvalue weighted by Crippen LogP contribution is -2.36. The summed E-state index contributed by atoms with van der Waals surface area (Å²) in [5.74, 6) is -0.0959. The van der Waals surface area contributed by atoms with Gasteiger partial charge < -0.3 is 4.90 Å². The molecule has 28 heavy (non-hydrogen) atoms. The fourth-order valence-electron chi connectivity index (χ4n) is 3.77. The standard InChI is InChI=1S/C22H22N2O3S/c1-14-6-8-20-17(11-14)13-19(15(2)23-20)22(25)24-10-4-5-16-12-18(28(3,26)27)7-9-21(16)24/h6-9,11-13H,4-5,10H2,1-3H3. The number of pyridine rings is 1. The van der Waals surface area contributed by atoms with E-state index in [1.54, 1.807) is 23.1 Å². The zero-order valence-corrected chi connectivity index (χ0v) is 17.0. The molecule has 2 heterocycles. The van der Waals surface area contributed by atoms with Gasteiger partial charge in [0.05, 0.1) is 21.7 Å². The lowest BCUT2D eigenvalue weighted by molar-refractivity contribution is 0.0984. The van der Waals surface area contributed by atoms with E-state index in [1.807, 2.05) is 38.1 Å². The van der Waals surface area contributed by atoms with Gasteiger partial charge in [0, 0.05) is 23.9 Å². The number of amides is 1. The van der Waals surface area contributed by atoms with Gasteiger partial charge in [-0.1, -0.05) is 11.6 Å². The number of anilines is 1. The first-order valence-electron chi connectivity index (χ1n) is 9.27. The van der Waals surface area contributed by atoms with Crippen molar-refractivity contribution in [1.29, 1.82) is 0 Å². The van der Waals surface area contributed by atoms with Gasteiger partial charge in [-0.3, -0.25) is 9.78 Å². The predicted molar refractivity (Wildman–Crippen MR) is 111 cm³/mol. The van der Waals surface area contributed by atoms with Crippen LogP contribution < -0.4 is 4.90 Å². The molecule has 0 bridgehead atoms. The van der Waals surface area contributed by atoms with Gasteiger partial charge in [0.2, 0.25) is 0 Å². The van der Waals surface area contributed by atoms with E-state index in [-0.39, 0.29) is 5.91 Å². The van der Waals surface area contributed by atoms with Crippen LogP contribution in [0.25, 0.3) is 10.9 Å². The minimum Gasteiger partial charge on any atom is -0.308 e. The molecule has 0 unspecified atom stereocenters. The van der Waals surface area contributed by atoms with Crippen LogP contribution >= 0.6 is 0 Å². The molecule has 3 aromatic rings. The van der Waals surface area contributed by atoms with Gasteiger partial charge in [0.25, 0.3) is 5.91 Å². The highest BCUT2D eigenvalue weighted by molar-refractivity contribution is 7.90. The summed E-state index contributed by atoms with van der Waals surface area (Å²) in [6, 6.07) is 12.9. The molecule has 0 spiro atoms. The number of aryl methyl sites for hydroxylation is 3. The molecule has 144 valence electrons. The third kappa shape index (κ3) is 3.29. The van der Waals surface area contributed by atoms with E-state index in [0.717, 1.165) is 40.6 Å². The fraction of sp³-hybridized carbons (Fsp3) is 0.273. The summed E-state index contributed by atoms with van der Waals surface area (Å²) in [6.45, 7) is 4.47. The first-order valence-corrected chi connectivity index (χ1v) is 11.2. The van der Waals surface area contributed by atoms with Gasteiger partial charge in [-0.05, 0) is 68.7 Å². The highest BCUT2D eigenvalue weighted by atomic mass is 32.2. The molecule has 0 fully saturated rings. The van der Waals surface area contributed by atoms with Crippen molar-refractivity contribution in [2.75, 3.05) is 17.7 Å². The van der Waals surface area contributed by atoms with Crippen molar-refractivity contribution in [2.24, 2.45) is 0 Å². The maximum atomic E-state index is 13.4. The number of sulfone groups is 1. The van der Waals surface area contributed by atoms with Crippen LogP contribution in [0.15, 0.2) is 47.4 Å². The Balaban J connectivity index is 1.78. The monoisotopic (exact) mass is 394 g/mol. The van der Waals surface area contributed by atoms with E-state index in [9.17, 15) is 13.2 Å². The number of hydrogen-bond acceptors (Lipinski definition) is 4. The molecule has 1 aliphatic heterocycles. The highest BCUT2D eigenvalue weighted by Gasteiger charge is 2.26. The Hall–Kier alpha value is -2.73. The van der Waals surface area contributed by atoms with E-state index in [2.05, 4.69) is 4.98 Å². The summed E-state index contributed by atoms with van der Waals surface area (Å²) >= 11 is 0. The van der Waals surface area contributed by atoms with Crippen LogP contribution in [0, 0.1) is 13.8 Å². The van der Waals surface area contributed by atoms with Crippen LogP contribution in [0.4, 0.5) is 5.69 Å². The van der Waals surface area contributed by atoms with E-state index >= 15 is 0 Å². The Morgan fingerprint density at radius 1 is 1.07 bits per heavy atom. The van der Waals surface area contributed by atoms with Crippen molar-refractivity contribution >= 4 is 32.3 Å². The van der Waals surface area contributed by atoms with Gasteiger partial charge in [0.15, 0.2) is 9.84 Å². The van der Waals surface area contributed by atoms with Crippen LogP contribution in [-0.2, 0) is 16.3 Å². The third-order valence-electron chi connectivity index (χ3n) is 5.23. The molecule has 0 radical (unpaired) electrons. The van der Waals surface area contributed by atoms with Gasteiger partial charge in [0.1, 0.15) is 0 Å². The van der Waals surface area contributed by atoms with Crippen molar-refractivity contribution in [3.63, 3.8) is 0 Å². The molecular weight excluding hydrogens is 372 g/mol. The average molecular weight is 394 g/mol. The molecule has 4 rings (SSSR count). The van der Waals surface area contributed by atoms with E-state index in [0.29, 0.717) is 22.7 Å². The molecule has 1 amide bonds. The highest BCUT2D eigenvalue weighted by Crippen LogP contribution is 2.31. The number of benzene rings is 2. The van der Waals surface area contributed by atoms with E-state index < -0.39 is 9.84 Å². The fourth-order valence-corrected chi connectivity index (χ4v) is 4.44. The molecule has 1 aromatic heterocycles. The first-order chi connectivity index (χ1) is 13.2. The number of rotatable bonds is 2. The topological polar surface area (TPSA) is 67.3 Å². The number of hydrogen-bond donors (Lipinski definition) is 0. The summed E-state index contributed by atoms with van der Waals surface area (Å²) in [5.41, 5.74) is 4.95. The van der Waals surface area contributed by atoms with E-state index in [1.165, 1.54) is 6.26 Å². The van der Waals surface area contributed by atoms with Crippen LogP contribution in [0.2, 0.25) is 0 Å².